The van der Waals surface area contributed by atoms with Gasteiger partial charge in [0.25, 0.3) is 5.91 Å². The number of nitrogens with one attached hydrogen (secondary N) is 1. The van der Waals surface area contributed by atoms with Crippen LogP contribution in [0.2, 0.25) is 0 Å². The highest BCUT2D eigenvalue weighted by Crippen LogP contribution is 2.36. The van der Waals surface area contributed by atoms with Gasteiger partial charge >= 0.3 is 0 Å². The van der Waals surface area contributed by atoms with Crippen molar-refractivity contribution in [3.8, 4) is 0 Å². The second-order valence-corrected chi connectivity index (χ2v) is 11.3. The Morgan fingerprint density at radius 3 is 2.36 bits per heavy atom. The molecule has 33 heavy (non-hydrogen) atoms. The first-order valence-corrected chi connectivity index (χ1v) is 13.0. The van der Waals surface area contributed by atoms with Gasteiger partial charge in [-0.3, -0.25) is 14.5 Å². The summed E-state index contributed by atoms with van der Waals surface area (Å²) in [5, 5.41) is 3.03. The van der Waals surface area contributed by atoms with E-state index in [1.807, 2.05) is 18.2 Å². The van der Waals surface area contributed by atoms with Gasteiger partial charge in [0.05, 0.1) is 22.9 Å². The normalized spacial score (nSPS) is 21.0. The minimum atomic E-state index is -3.77. The number of sulfonamides is 1. The molecule has 0 aromatic heterocycles. The third kappa shape index (κ3) is 4.96. The first-order valence-electron chi connectivity index (χ1n) is 11.4. The average Bonchev–Trinajstić information content (AvgIpc) is 2.97. The van der Waals surface area contributed by atoms with Crippen molar-refractivity contribution in [2.75, 3.05) is 29.7 Å². The lowest BCUT2D eigenvalue weighted by atomic mass is 9.95. The number of benzene rings is 2. The molecule has 2 aromatic rings. The minimum absolute atomic E-state index is 0.0694. The SMILES string of the molecule is CC1(C)CS(=O)(=O)N(c2cccc(C(=O)NCC(c3ccccc3)N3CCCCC3)c2)C1=O. The van der Waals surface area contributed by atoms with Gasteiger partial charge < -0.3 is 5.32 Å². The Labute approximate surface area is 195 Å². The molecule has 0 saturated carbocycles. The molecule has 1 atom stereocenters. The highest BCUT2D eigenvalue weighted by molar-refractivity contribution is 7.94. The van der Waals surface area contributed by atoms with E-state index in [0.29, 0.717) is 12.1 Å². The average molecular weight is 470 g/mol. The first-order chi connectivity index (χ1) is 15.7. The van der Waals surface area contributed by atoms with Crippen LogP contribution in [0.15, 0.2) is 54.6 Å². The van der Waals surface area contributed by atoms with E-state index in [4.69, 9.17) is 0 Å². The smallest absolute Gasteiger partial charge is 0.251 e. The second-order valence-electron chi connectivity index (χ2n) is 9.49. The summed E-state index contributed by atoms with van der Waals surface area (Å²) in [5.74, 6) is -1.02. The van der Waals surface area contributed by atoms with E-state index in [1.165, 1.54) is 12.5 Å². The lowest BCUT2D eigenvalue weighted by molar-refractivity contribution is -0.123. The van der Waals surface area contributed by atoms with Crippen LogP contribution in [-0.4, -0.2) is 50.5 Å². The van der Waals surface area contributed by atoms with Gasteiger partial charge in [0.2, 0.25) is 15.9 Å². The monoisotopic (exact) mass is 469 g/mol. The molecule has 2 aliphatic heterocycles. The summed E-state index contributed by atoms with van der Waals surface area (Å²) in [6, 6.07) is 16.5. The summed E-state index contributed by atoms with van der Waals surface area (Å²) in [6.45, 7) is 5.67. The van der Waals surface area contributed by atoms with Gasteiger partial charge in [-0.15, -0.1) is 0 Å². The molecule has 8 heteroatoms. The van der Waals surface area contributed by atoms with Crippen LogP contribution in [0.5, 0.6) is 0 Å². The summed E-state index contributed by atoms with van der Waals surface area (Å²) >= 11 is 0. The molecule has 2 fully saturated rings. The van der Waals surface area contributed by atoms with Gasteiger partial charge in [-0.25, -0.2) is 12.7 Å². The van der Waals surface area contributed by atoms with Crippen LogP contribution in [0.3, 0.4) is 0 Å². The number of hydrogen-bond acceptors (Lipinski definition) is 5. The highest BCUT2D eigenvalue weighted by Gasteiger charge is 2.50. The van der Waals surface area contributed by atoms with Crippen LogP contribution >= 0.6 is 0 Å². The third-order valence-electron chi connectivity index (χ3n) is 6.40. The van der Waals surface area contributed by atoms with E-state index < -0.39 is 21.3 Å². The maximum atomic E-state index is 13.0. The van der Waals surface area contributed by atoms with E-state index in [9.17, 15) is 18.0 Å². The van der Waals surface area contributed by atoms with Crippen molar-refractivity contribution in [2.45, 2.75) is 39.2 Å². The molecule has 1 N–H and O–H groups in total. The fraction of sp³-hybridized carbons (Fsp3) is 0.440. The fourth-order valence-electron chi connectivity index (χ4n) is 4.69. The zero-order chi connectivity index (χ0) is 23.6. The van der Waals surface area contributed by atoms with Gasteiger partial charge in [0.15, 0.2) is 0 Å². The number of anilines is 1. The van der Waals surface area contributed by atoms with Crippen LogP contribution in [0.4, 0.5) is 5.69 Å². The van der Waals surface area contributed by atoms with Crippen LogP contribution in [-0.2, 0) is 14.8 Å². The fourth-order valence-corrected chi connectivity index (χ4v) is 6.79. The summed E-state index contributed by atoms with van der Waals surface area (Å²) < 4.78 is 26.1. The molecule has 2 heterocycles. The van der Waals surface area contributed by atoms with Crippen LogP contribution in [0.1, 0.15) is 55.1 Å². The predicted octanol–water partition coefficient (Wildman–Crippen LogP) is 3.35. The van der Waals surface area contributed by atoms with Crippen molar-refractivity contribution in [3.05, 3.63) is 65.7 Å². The van der Waals surface area contributed by atoms with Gasteiger partial charge in [-0.2, -0.15) is 0 Å². The van der Waals surface area contributed by atoms with Crippen LogP contribution in [0.25, 0.3) is 0 Å². The first kappa shape index (κ1) is 23.4. The molecule has 4 rings (SSSR count). The number of carbonyl (C=O) groups excluding carboxylic acids is 2. The van der Waals surface area contributed by atoms with Crippen molar-refractivity contribution in [1.29, 1.82) is 0 Å². The summed E-state index contributed by atoms with van der Waals surface area (Å²) in [7, 11) is -3.77. The Morgan fingerprint density at radius 2 is 1.73 bits per heavy atom. The Balaban J connectivity index is 1.52. The zero-order valence-electron chi connectivity index (χ0n) is 19.2. The molecule has 2 saturated heterocycles. The van der Waals surface area contributed by atoms with Crippen molar-refractivity contribution in [2.24, 2.45) is 5.41 Å². The number of amides is 2. The molecule has 2 amide bonds. The zero-order valence-corrected chi connectivity index (χ0v) is 20.0. The highest BCUT2D eigenvalue weighted by atomic mass is 32.2. The number of nitrogens with zero attached hydrogens (tertiary/aromatic N) is 2. The van der Waals surface area contributed by atoms with Crippen LogP contribution < -0.4 is 9.62 Å². The number of carbonyl (C=O) groups is 2. The summed E-state index contributed by atoms with van der Waals surface area (Å²) in [5.41, 5.74) is 0.693. The molecule has 0 spiro atoms. The Morgan fingerprint density at radius 1 is 1.03 bits per heavy atom. The standard InChI is InChI=1S/C25H31N3O4S/c1-25(2)18-33(31,32)28(24(25)30)21-13-9-12-20(16-21)23(29)26-17-22(19-10-5-3-6-11-19)27-14-7-4-8-15-27/h3,5-6,9-13,16,22H,4,7-8,14-15,17-18H2,1-2H3,(H,26,29). The van der Waals surface area contributed by atoms with E-state index >= 15 is 0 Å². The second kappa shape index (κ2) is 9.27. The van der Waals surface area contributed by atoms with Gasteiger partial charge in [0.1, 0.15) is 0 Å². The lowest BCUT2D eigenvalue weighted by Crippen LogP contribution is -2.40. The predicted molar refractivity (Wildman–Crippen MR) is 128 cm³/mol. The Kier molecular flexibility index (Phi) is 6.59. The molecule has 1 unspecified atom stereocenters. The number of rotatable bonds is 6. The molecule has 0 bridgehead atoms. The van der Waals surface area contributed by atoms with Crippen LogP contribution in [0, 0.1) is 5.41 Å². The van der Waals surface area contributed by atoms with E-state index in [0.717, 1.165) is 35.8 Å². The maximum absolute atomic E-state index is 13.0. The number of piperidine rings is 1. The van der Waals surface area contributed by atoms with Gasteiger partial charge in [-0.05, 0) is 63.5 Å². The van der Waals surface area contributed by atoms with Gasteiger partial charge in [-0.1, -0.05) is 42.8 Å². The molecule has 2 aromatic carbocycles. The van der Waals surface area contributed by atoms with Crippen molar-refractivity contribution >= 4 is 27.5 Å². The molecule has 0 aliphatic carbocycles. The lowest BCUT2D eigenvalue weighted by Gasteiger charge is -2.35. The topological polar surface area (TPSA) is 86.8 Å². The van der Waals surface area contributed by atoms with Crippen molar-refractivity contribution in [1.82, 2.24) is 10.2 Å². The summed E-state index contributed by atoms with van der Waals surface area (Å²) in [6.07, 6.45) is 3.52. The number of likely N-dealkylation sites (tertiary alicyclic amines) is 1. The molecular weight excluding hydrogens is 438 g/mol. The Bertz CT molecular complexity index is 1130. The number of hydrogen-bond donors (Lipinski definition) is 1. The quantitative estimate of drug-likeness (QED) is 0.701. The molecule has 176 valence electrons. The van der Waals surface area contributed by atoms with E-state index in [2.05, 4.69) is 22.3 Å². The largest absolute Gasteiger partial charge is 0.350 e. The summed E-state index contributed by atoms with van der Waals surface area (Å²) in [4.78, 5) is 28.1. The van der Waals surface area contributed by atoms with E-state index in [-0.39, 0.29) is 23.4 Å². The molecule has 0 radical (unpaired) electrons. The minimum Gasteiger partial charge on any atom is -0.350 e. The van der Waals surface area contributed by atoms with E-state index in [1.54, 1.807) is 32.0 Å². The maximum Gasteiger partial charge on any atom is 0.251 e. The van der Waals surface area contributed by atoms with Crippen molar-refractivity contribution < 1.29 is 18.0 Å². The molecular formula is C25H31N3O4S. The molecule has 7 nitrogen and oxygen atoms in total. The molecule has 2 aliphatic rings. The Hall–Kier alpha value is -2.71. The van der Waals surface area contributed by atoms with Crippen molar-refractivity contribution in [3.63, 3.8) is 0 Å². The third-order valence-corrected chi connectivity index (χ3v) is 8.42. The van der Waals surface area contributed by atoms with Gasteiger partial charge in [0, 0.05) is 12.1 Å².